The Balaban J connectivity index is 2.28. The van der Waals surface area contributed by atoms with Gasteiger partial charge < -0.3 is 10.5 Å². The molecule has 0 radical (unpaired) electrons. The van der Waals surface area contributed by atoms with E-state index < -0.39 is 5.82 Å². The van der Waals surface area contributed by atoms with E-state index in [0.717, 1.165) is 0 Å². The minimum Gasteiger partial charge on any atom is -0.455 e. The topological polar surface area (TPSA) is 35.2 Å². The van der Waals surface area contributed by atoms with Crippen LogP contribution in [-0.2, 0) is 0 Å². The highest BCUT2D eigenvalue weighted by Crippen LogP contribution is 2.31. The van der Waals surface area contributed by atoms with E-state index in [1.165, 1.54) is 12.1 Å². The van der Waals surface area contributed by atoms with Gasteiger partial charge in [0.05, 0.1) is 10.7 Å². The number of anilines is 1. The van der Waals surface area contributed by atoms with E-state index in [4.69, 9.17) is 33.7 Å². The molecule has 0 aliphatic carbocycles. The van der Waals surface area contributed by atoms with Crippen LogP contribution in [0.2, 0.25) is 10.0 Å². The van der Waals surface area contributed by atoms with E-state index in [1.807, 2.05) is 0 Å². The van der Waals surface area contributed by atoms with Crippen molar-refractivity contribution in [2.45, 2.75) is 0 Å². The zero-order valence-electron chi connectivity index (χ0n) is 8.58. The lowest BCUT2D eigenvalue weighted by Gasteiger charge is -2.08. The van der Waals surface area contributed by atoms with Crippen LogP contribution in [0.15, 0.2) is 36.4 Å². The third-order valence-electron chi connectivity index (χ3n) is 2.09. The molecule has 17 heavy (non-hydrogen) atoms. The Morgan fingerprint density at radius 1 is 1.06 bits per heavy atom. The smallest absolute Gasteiger partial charge is 0.150 e. The zero-order chi connectivity index (χ0) is 12.4. The Kier molecular flexibility index (Phi) is 3.41. The maximum atomic E-state index is 13.2. The molecule has 0 atom stereocenters. The van der Waals surface area contributed by atoms with Gasteiger partial charge in [-0.3, -0.25) is 0 Å². The molecule has 0 unspecified atom stereocenters. The van der Waals surface area contributed by atoms with Crippen LogP contribution in [0.25, 0.3) is 0 Å². The molecular formula is C12H8Cl2FNO. The van der Waals surface area contributed by atoms with Crippen LogP contribution in [0.3, 0.4) is 0 Å². The summed E-state index contributed by atoms with van der Waals surface area (Å²) in [7, 11) is 0. The average Bonchev–Trinajstić information content (AvgIpc) is 2.27. The summed E-state index contributed by atoms with van der Waals surface area (Å²) in [4.78, 5) is 0. The lowest BCUT2D eigenvalue weighted by molar-refractivity contribution is 0.479. The molecule has 0 saturated carbocycles. The molecule has 2 N–H and O–H groups in total. The van der Waals surface area contributed by atoms with Crippen LogP contribution in [-0.4, -0.2) is 0 Å². The predicted molar refractivity (Wildman–Crippen MR) is 67.3 cm³/mol. The first-order valence-electron chi connectivity index (χ1n) is 4.74. The Bertz CT molecular complexity index is 560. The SMILES string of the molecule is Nc1cc(Cl)ccc1Oc1ccc(Cl)c(F)c1. The summed E-state index contributed by atoms with van der Waals surface area (Å²) < 4.78 is 18.6. The Morgan fingerprint density at radius 3 is 2.47 bits per heavy atom. The quantitative estimate of drug-likeness (QED) is 0.816. The molecule has 0 heterocycles. The summed E-state index contributed by atoms with van der Waals surface area (Å²) >= 11 is 11.3. The average molecular weight is 272 g/mol. The molecule has 0 saturated heterocycles. The molecule has 0 aliphatic heterocycles. The highest BCUT2D eigenvalue weighted by Gasteiger charge is 2.05. The molecule has 2 rings (SSSR count). The van der Waals surface area contributed by atoms with E-state index in [0.29, 0.717) is 22.2 Å². The van der Waals surface area contributed by atoms with Gasteiger partial charge in [-0.05, 0) is 30.3 Å². The molecule has 0 spiro atoms. The van der Waals surface area contributed by atoms with E-state index in [1.54, 1.807) is 24.3 Å². The molecular weight excluding hydrogens is 264 g/mol. The van der Waals surface area contributed by atoms with Crippen molar-refractivity contribution in [2.24, 2.45) is 0 Å². The van der Waals surface area contributed by atoms with Crippen LogP contribution in [0.4, 0.5) is 10.1 Å². The van der Waals surface area contributed by atoms with E-state index in [9.17, 15) is 4.39 Å². The number of hydrogen-bond donors (Lipinski definition) is 1. The molecule has 0 aromatic heterocycles. The minimum atomic E-state index is -0.545. The van der Waals surface area contributed by atoms with Gasteiger partial charge in [0.1, 0.15) is 17.3 Å². The van der Waals surface area contributed by atoms with Crippen molar-refractivity contribution >= 4 is 28.9 Å². The fraction of sp³-hybridized carbons (Fsp3) is 0. The lowest BCUT2D eigenvalue weighted by Crippen LogP contribution is -1.92. The molecule has 2 aromatic carbocycles. The summed E-state index contributed by atoms with van der Waals surface area (Å²) in [6.07, 6.45) is 0. The molecule has 0 bridgehead atoms. The van der Waals surface area contributed by atoms with Gasteiger partial charge in [-0.25, -0.2) is 4.39 Å². The predicted octanol–water partition coefficient (Wildman–Crippen LogP) is 4.51. The summed E-state index contributed by atoms with van der Waals surface area (Å²) in [5, 5.41) is 0.554. The highest BCUT2D eigenvalue weighted by molar-refractivity contribution is 6.31. The first kappa shape index (κ1) is 12.0. The third-order valence-corrected chi connectivity index (χ3v) is 2.63. The number of ether oxygens (including phenoxy) is 1. The molecule has 88 valence electrons. The summed E-state index contributed by atoms with van der Waals surface area (Å²) in [6, 6.07) is 8.97. The van der Waals surface area contributed by atoms with Gasteiger partial charge >= 0.3 is 0 Å². The van der Waals surface area contributed by atoms with Gasteiger partial charge in [0.2, 0.25) is 0 Å². The van der Waals surface area contributed by atoms with Gasteiger partial charge in [-0.1, -0.05) is 23.2 Å². The van der Waals surface area contributed by atoms with Crippen LogP contribution >= 0.6 is 23.2 Å². The van der Waals surface area contributed by atoms with Gasteiger partial charge in [0.15, 0.2) is 0 Å². The first-order valence-corrected chi connectivity index (χ1v) is 5.50. The lowest BCUT2D eigenvalue weighted by atomic mass is 10.3. The van der Waals surface area contributed by atoms with Gasteiger partial charge in [0, 0.05) is 11.1 Å². The Morgan fingerprint density at radius 2 is 1.82 bits per heavy atom. The second kappa shape index (κ2) is 4.82. The number of halogens is 3. The van der Waals surface area contributed by atoms with E-state index >= 15 is 0 Å². The van der Waals surface area contributed by atoms with Gasteiger partial charge in [0.25, 0.3) is 0 Å². The maximum Gasteiger partial charge on any atom is 0.150 e. The molecule has 0 aliphatic rings. The van der Waals surface area contributed by atoms with Crippen molar-refractivity contribution in [3.63, 3.8) is 0 Å². The minimum absolute atomic E-state index is 0.0430. The van der Waals surface area contributed by atoms with Crippen molar-refractivity contribution in [1.29, 1.82) is 0 Å². The van der Waals surface area contributed by atoms with Crippen molar-refractivity contribution in [2.75, 3.05) is 5.73 Å². The molecule has 5 heteroatoms. The molecule has 2 aromatic rings. The van der Waals surface area contributed by atoms with Gasteiger partial charge in [-0.15, -0.1) is 0 Å². The van der Waals surface area contributed by atoms with Crippen molar-refractivity contribution < 1.29 is 9.13 Å². The number of nitrogen functional groups attached to an aromatic ring is 1. The summed E-state index contributed by atoms with van der Waals surface area (Å²) in [5.74, 6) is 0.189. The largest absolute Gasteiger partial charge is 0.455 e. The van der Waals surface area contributed by atoms with Crippen molar-refractivity contribution in [3.05, 3.63) is 52.3 Å². The Hall–Kier alpha value is -1.45. The van der Waals surface area contributed by atoms with Gasteiger partial charge in [-0.2, -0.15) is 0 Å². The van der Waals surface area contributed by atoms with Crippen molar-refractivity contribution in [1.82, 2.24) is 0 Å². The van der Waals surface area contributed by atoms with E-state index in [-0.39, 0.29) is 5.02 Å². The fourth-order valence-electron chi connectivity index (χ4n) is 1.28. The monoisotopic (exact) mass is 271 g/mol. The second-order valence-electron chi connectivity index (χ2n) is 3.36. The second-order valence-corrected chi connectivity index (χ2v) is 4.20. The van der Waals surface area contributed by atoms with Crippen LogP contribution in [0.5, 0.6) is 11.5 Å². The number of hydrogen-bond acceptors (Lipinski definition) is 2. The normalized spacial score (nSPS) is 10.3. The van der Waals surface area contributed by atoms with E-state index in [2.05, 4.69) is 0 Å². The Labute approximate surface area is 108 Å². The van der Waals surface area contributed by atoms with Crippen molar-refractivity contribution in [3.8, 4) is 11.5 Å². The first-order chi connectivity index (χ1) is 8.06. The molecule has 0 fully saturated rings. The zero-order valence-corrected chi connectivity index (χ0v) is 10.1. The third kappa shape index (κ3) is 2.81. The molecule has 0 amide bonds. The maximum absolute atomic E-state index is 13.2. The summed E-state index contributed by atoms with van der Waals surface area (Å²) in [6.45, 7) is 0. The van der Waals surface area contributed by atoms with Crippen LogP contribution < -0.4 is 10.5 Å². The van der Waals surface area contributed by atoms with Crippen LogP contribution in [0.1, 0.15) is 0 Å². The number of benzene rings is 2. The highest BCUT2D eigenvalue weighted by atomic mass is 35.5. The summed E-state index contributed by atoms with van der Waals surface area (Å²) in [5.41, 5.74) is 6.09. The molecule has 2 nitrogen and oxygen atoms in total. The number of rotatable bonds is 2. The fourth-order valence-corrected chi connectivity index (χ4v) is 1.58. The standard InChI is InChI=1S/C12H8Cl2FNO/c13-7-1-4-12(11(16)5-7)17-8-2-3-9(14)10(15)6-8/h1-6H,16H2. The van der Waals surface area contributed by atoms with Crippen LogP contribution in [0, 0.1) is 5.82 Å². The number of nitrogens with two attached hydrogens (primary N) is 1.